The van der Waals surface area contributed by atoms with Crippen LogP contribution in [-0.2, 0) is 4.79 Å². The highest BCUT2D eigenvalue weighted by Crippen LogP contribution is 2.12. The van der Waals surface area contributed by atoms with Gasteiger partial charge >= 0.3 is 0 Å². The van der Waals surface area contributed by atoms with Crippen LogP contribution in [-0.4, -0.2) is 20.7 Å². The normalized spacial score (nSPS) is 10.7. The summed E-state index contributed by atoms with van der Waals surface area (Å²) in [5, 5.41) is 6.86. The maximum Gasteiger partial charge on any atom is 0.248 e. The van der Waals surface area contributed by atoms with Gasteiger partial charge in [-0.2, -0.15) is 5.10 Å². The highest BCUT2D eigenvalue weighted by molar-refractivity contribution is 6.01. The molecule has 0 aliphatic heterocycles. The van der Waals surface area contributed by atoms with Gasteiger partial charge in [0.2, 0.25) is 5.91 Å². The molecule has 0 radical (unpaired) electrons. The summed E-state index contributed by atoms with van der Waals surface area (Å²) in [6.45, 7) is 0. The number of hydrogen-bond donors (Lipinski definition) is 1. The minimum atomic E-state index is -0.169. The van der Waals surface area contributed by atoms with Crippen LogP contribution in [0.1, 0.15) is 5.56 Å². The molecular formula is C17H14N4O. The van der Waals surface area contributed by atoms with Crippen LogP contribution >= 0.6 is 0 Å². The summed E-state index contributed by atoms with van der Waals surface area (Å²) in [5.41, 5.74) is 2.60. The Labute approximate surface area is 127 Å². The molecule has 1 amide bonds. The molecule has 22 heavy (non-hydrogen) atoms. The van der Waals surface area contributed by atoms with Crippen molar-refractivity contribution in [3.05, 3.63) is 78.9 Å². The lowest BCUT2D eigenvalue weighted by atomic mass is 10.2. The Morgan fingerprint density at radius 1 is 1.05 bits per heavy atom. The van der Waals surface area contributed by atoms with Crippen molar-refractivity contribution in [3.63, 3.8) is 0 Å². The van der Waals surface area contributed by atoms with Gasteiger partial charge in [0.15, 0.2) is 0 Å². The van der Waals surface area contributed by atoms with E-state index in [1.165, 1.54) is 12.4 Å². The third-order valence-electron chi connectivity index (χ3n) is 3.04. The molecule has 1 aromatic heterocycles. The molecule has 5 nitrogen and oxygen atoms in total. The predicted octanol–water partition coefficient (Wildman–Crippen LogP) is 2.92. The molecule has 1 N–H and O–H groups in total. The summed E-state index contributed by atoms with van der Waals surface area (Å²) >= 11 is 0. The number of rotatable bonds is 4. The van der Waals surface area contributed by atoms with Crippen molar-refractivity contribution in [2.24, 2.45) is 0 Å². The third kappa shape index (κ3) is 3.46. The zero-order chi connectivity index (χ0) is 15.2. The minimum Gasteiger partial charge on any atom is -0.323 e. The first-order chi connectivity index (χ1) is 10.8. The van der Waals surface area contributed by atoms with Gasteiger partial charge in [0.1, 0.15) is 12.7 Å². The molecule has 3 rings (SSSR count). The molecule has 0 aliphatic rings. The average molecular weight is 290 g/mol. The molecule has 0 fully saturated rings. The Kier molecular flexibility index (Phi) is 4.06. The van der Waals surface area contributed by atoms with Crippen LogP contribution in [0.5, 0.6) is 0 Å². The SMILES string of the molecule is O=C(C=Cc1ccccc1)Nc1ccc(-n2cncn2)cc1. The van der Waals surface area contributed by atoms with E-state index in [2.05, 4.69) is 15.4 Å². The molecule has 0 saturated heterocycles. The van der Waals surface area contributed by atoms with E-state index in [1.54, 1.807) is 17.1 Å². The van der Waals surface area contributed by atoms with E-state index in [9.17, 15) is 4.79 Å². The molecule has 5 heteroatoms. The molecule has 1 heterocycles. The molecule has 0 aliphatic carbocycles. The fourth-order valence-corrected chi connectivity index (χ4v) is 1.96. The number of carbonyl (C=O) groups excluding carboxylic acids is 1. The molecule has 0 unspecified atom stereocenters. The molecule has 0 bridgehead atoms. The van der Waals surface area contributed by atoms with E-state index in [0.29, 0.717) is 0 Å². The molecule has 108 valence electrons. The molecular weight excluding hydrogens is 276 g/mol. The fourth-order valence-electron chi connectivity index (χ4n) is 1.96. The molecule has 0 spiro atoms. The highest BCUT2D eigenvalue weighted by atomic mass is 16.1. The van der Waals surface area contributed by atoms with E-state index < -0.39 is 0 Å². The number of hydrogen-bond acceptors (Lipinski definition) is 3. The molecule has 0 saturated carbocycles. The van der Waals surface area contributed by atoms with Crippen molar-refractivity contribution in [3.8, 4) is 5.69 Å². The Morgan fingerprint density at radius 2 is 1.82 bits per heavy atom. The molecule has 3 aromatic rings. The second-order valence-corrected chi connectivity index (χ2v) is 4.62. The fraction of sp³-hybridized carbons (Fsp3) is 0. The van der Waals surface area contributed by atoms with Crippen LogP contribution in [0.4, 0.5) is 5.69 Å². The summed E-state index contributed by atoms with van der Waals surface area (Å²) < 4.78 is 1.65. The number of nitrogens with zero attached hydrogens (tertiary/aromatic N) is 3. The van der Waals surface area contributed by atoms with E-state index in [0.717, 1.165) is 16.9 Å². The smallest absolute Gasteiger partial charge is 0.248 e. The van der Waals surface area contributed by atoms with Crippen molar-refractivity contribution >= 4 is 17.7 Å². The van der Waals surface area contributed by atoms with Crippen LogP contribution in [0.2, 0.25) is 0 Å². The monoisotopic (exact) mass is 290 g/mol. The predicted molar refractivity (Wildman–Crippen MR) is 85.5 cm³/mol. The van der Waals surface area contributed by atoms with Crippen LogP contribution in [0.25, 0.3) is 11.8 Å². The average Bonchev–Trinajstić information content (AvgIpc) is 3.09. The van der Waals surface area contributed by atoms with Gasteiger partial charge in [-0.15, -0.1) is 0 Å². The number of benzene rings is 2. The highest BCUT2D eigenvalue weighted by Gasteiger charge is 2.00. The maximum atomic E-state index is 11.9. The van der Waals surface area contributed by atoms with Gasteiger partial charge < -0.3 is 5.32 Å². The summed E-state index contributed by atoms with van der Waals surface area (Å²) in [6.07, 6.45) is 6.39. The van der Waals surface area contributed by atoms with Crippen molar-refractivity contribution in [2.45, 2.75) is 0 Å². The van der Waals surface area contributed by atoms with Gasteiger partial charge in [-0.1, -0.05) is 30.3 Å². The first kappa shape index (κ1) is 13.8. The van der Waals surface area contributed by atoms with Crippen molar-refractivity contribution < 1.29 is 4.79 Å². The van der Waals surface area contributed by atoms with Gasteiger partial charge in [0.05, 0.1) is 5.69 Å². The molecule has 2 aromatic carbocycles. The van der Waals surface area contributed by atoms with Crippen molar-refractivity contribution in [2.75, 3.05) is 5.32 Å². The zero-order valence-electron chi connectivity index (χ0n) is 11.8. The lowest BCUT2D eigenvalue weighted by Gasteiger charge is -2.04. The zero-order valence-corrected chi connectivity index (χ0v) is 11.8. The number of anilines is 1. The van der Waals surface area contributed by atoms with Crippen LogP contribution in [0.3, 0.4) is 0 Å². The van der Waals surface area contributed by atoms with Crippen molar-refractivity contribution in [1.29, 1.82) is 0 Å². The molecule has 0 atom stereocenters. The van der Waals surface area contributed by atoms with E-state index >= 15 is 0 Å². The van der Waals surface area contributed by atoms with Gasteiger partial charge in [-0.25, -0.2) is 9.67 Å². The summed E-state index contributed by atoms with van der Waals surface area (Å²) in [4.78, 5) is 15.8. The van der Waals surface area contributed by atoms with E-state index in [-0.39, 0.29) is 5.91 Å². The number of aromatic nitrogens is 3. The van der Waals surface area contributed by atoms with Gasteiger partial charge in [0, 0.05) is 11.8 Å². The quantitative estimate of drug-likeness (QED) is 0.752. The Hall–Kier alpha value is -3.21. The number of amides is 1. The van der Waals surface area contributed by atoms with Gasteiger partial charge in [-0.3, -0.25) is 4.79 Å². The first-order valence-electron chi connectivity index (χ1n) is 6.80. The third-order valence-corrected chi connectivity index (χ3v) is 3.04. The lowest BCUT2D eigenvalue weighted by molar-refractivity contribution is -0.111. The van der Waals surface area contributed by atoms with Crippen molar-refractivity contribution in [1.82, 2.24) is 14.8 Å². The van der Waals surface area contributed by atoms with Crippen LogP contribution < -0.4 is 5.32 Å². The topological polar surface area (TPSA) is 59.8 Å². The maximum absolute atomic E-state index is 11.9. The van der Waals surface area contributed by atoms with Gasteiger partial charge in [0.25, 0.3) is 0 Å². The largest absolute Gasteiger partial charge is 0.323 e. The van der Waals surface area contributed by atoms with Crippen LogP contribution in [0, 0.1) is 0 Å². The second kappa shape index (κ2) is 6.49. The Bertz CT molecular complexity index is 762. The lowest BCUT2D eigenvalue weighted by Crippen LogP contribution is -2.07. The Balaban J connectivity index is 1.63. The first-order valence-corrected chi connectivity index (χ1v) is 6.80. The number of nitrogens with one attached hydrogen (secondary N) is 1. The van der Waals surface area contributed by atoms with Crippen LogP contribution in [0.15, 0.2) is 73.3 Å². The standard InChI is InChI=1S/C17H14N4O/c22-17(11-6-14-4-2-1-3-5-14)20-15-7-9-16(10-8-15)21-13-18-12-19-21/h1-13H,(H,20,22). The summed E-state index contributed by atoms with van der Waals surface area (Å²) in [6, 6.07) is 17.1. The summed E-state index contributed by atoms with van der Waals surface area (Å²) in [7, 11) is 0. The number of carbonyl (C=O) groups is 1. The summed E-state index contributed by atoms with van der Waals surface area (Å²) in [5.74, 6) is -0.169. The second-order valence-electron chi connectivity index (χ2n) is 4.62. The van der Waals surface area contributed by atoms with E-state index in [4.69, 9.17) is 0 Å². The minimum absolute atomic E-state index is 0.169. The van der Waals surface area contributed by atoms with E-state index in [1.807, 2.05) is 54.6 Å². The van der Waals surface area contributed by atoms with Gasteiger partial charge in [-0.05, 0) is 35.9 Å². The Morgan fingerprint density at radius 3 is 2.50 bits per heavy atom.